The second kappa shape index (κ2) is 29.8. The first-order chi connectivity index (χ1) is 65.4. The fourth-order valence-electron chi connectivity index (χ4n) is 25.7. The SMILES string of the molecule is Brc1cccc2c1-c1ccccc1C21c2ccccc2C2(c3ccccc3-c3ccccc32)c2ccccc21.CC1(C)c2ccccc2-c2ccc(N(c3ccc(-c4ccccc4)cc3)c3cccc4c3-c3ccccc3C43c4ccccc4C4(c5ccccc5-c5ccccc54)c4ccccc43)cc21.CC1(C)c2ccccc2-c2ccc(Nc3ccc(-c4ccccc4)cc3)cc21. The molecule has 133 heavy (non-hydrogen) atoms. The zero-order valence-electron chi connectivity index (χ0n) is 74.4. The fourth-order valence-corrected chi connectivity index (χ4v) is 26.3. The maximum Gasteiger partial charge on any atom is 0.0720 e. The van der Waals surface area contributed by atoms with Gasteiger partial charge in [-0.3, -0.25) is 0 Å². The quantitative estimate of drug-likeness (QED) is 0.171. The van der Waals surface area contributed by atoms with Gasteiger partial charge in [0.15, 0.2) is 0 Å². The lowest BCUT2D eigenvalue weighted by molar-refractivity contribution is 0.633. The largest absolute Gasteiger partial charge is 0.356 e. The van der Waals surface area contributed by atoms with Crippen LogP contribution in [0.15, 0.2) is 478 Å². The highest BCUT2D eigenvalue weighted by atomic mass is 79.9. The lowest BCUT2D eigenvalue weighted by atomic mass is 9.52. The third-order valence-electron chi connectivity index (χ3n) is 31.1. The average molecular weight is 1760 g/mol. The second-order valence-electron chi connectivity index (χ2n) is 38.0. The third-order valence-corrected chi connectivity index (χ3v) is 31.7. The standard InChI is InChI=1S/C65H45N.C38H23Br.C27H23N/c1-63(2)51-25-10-6-21-46(51)49-40-39-45(41-60(49)63)66(44-37-35-43(36-38-44)42-19-4-3-5-20-42)61-34-18-33-59-62(61)50-24-9-13-28-54(50)65(59)57-31-16-14-29-55(57)64(56-30-15-17-32-58(56)65)52-26-11-7-22-47(52)48-23-8-12-27-53(48)64;39-35-23-11-22-34-36(35)26-14-3-6-17-29(26)38(34)32-20-9-7-18-30(32)37(31-19-8-10-21-33(31)38)27-15-4-1-12-24(27)25-13-2-5-16-28(25)37;1-27(2)25-11-7-6-10-23(25)24-17-16-22(18-26(24)27)28-21-14-12-20(13-15-21)19-8-4-3-5-9-19/h3-41H,1-2H3;1-23H;3-18,28H,1-2H3. The van der Waals surface area contributed by atoms with Crippen LogP contribution in [0.1, 0.15) is 139 Å². The van der Waals surface area contributed by atoms with Crippen LogP contribution in [-0.4, -0.2) is 0 Å². The van der Waals surface area contributed by atoms with Crippen LogP contribution in [-0.2, 0) is 32.5 Å². The van der Waals surface area contributed by atoms with Gasteiger partial charge in [-0.1, -0.05) is 456 Å². The van der Waals surface area contributed by atoms with Crippen LogP contribution in [0.5, 0.6) is 0 Å². The molecule has 1 N–H and O–H groups in total. The molecule has 28 rings (SSSR count). The van der Waals surface area contributed by atoms with Crippen molar-refractivity contribution >= 4 is 44.4 Å². The number of hydrogen-bond donors (Lipinski definition) is 1. The molecule has 0 aliphatic heterocycles. The van der Waals surface area contributed by atoms with Gasteiger partial charge in [-0.25, -0.2) is 0 Å². The molecule has 0 bridgehead atoms. The molecule has 0 radical (unpaired) electrons. The van der Waals surface area contributed by atoms with E-state index in [1.165, 1.54) is 206 Å². The minimum Gasteiger partial charge on any atom is -0.356 e. The minimum absolute atomic E-state index is 0.0286. The van der Waals surface area contributed by atoms with Gasteiger partial charge < -0.3 is 10.2 Å². The van der Waals surface area contributed by atoms with Crippen molar-refractivity contribution in [1.29, 1.82) is 0 Å². The van der Waals surface area contributed by atoms with E-state index < -0.39 is 16.2 Å². The number of nitrogens with zero attached hydrogens (tertiary/aromatic N) is 1. The zero-order valence-corrected chi connectivity index (χ0v) is 75.9. The summed E-state index contributed by atoms with van der Waals surface area (Å²) in [6, 6.07) is 176. The highest BCUT2D eigenvalue weighted by Crippen LogP contribution is 2.71. The second-order valence-corrected chi connectivity index (χ2v) is 38.8. The Labute approximate surface area is 786 Å². The van der Waals surface area contributed by atoms with Gasteiger partial charge in [0.25, 0.3) is 0 Å². The molecule has 4 spiro atoms. The van der Waals surface area contributed by atoms with E-state index in [4.69, 9.17) is 0 Å². The number of rotatable bonds is 7. The molecule has 2 nitrogen and oxygen atoms in total. The predicted octanol–water partition coefficient (Wildman–Crippen LogP) is 33.1. The van der Waals surface area contributed by atoms with E-state index in [0.29, 0.717) is 0 Å². The van der Waals surface area contributed by atoms with Gasteiger partial charge >= 0.3 is 0 Å². The summed E-state index contributed by atoms with van der Waals surface area (Å²) in [6.45, 7) is 9.39. The molecule has 20 aromatic rings. The zero-order chi connectivity index (χ0) is 88.7. The lowest BCUT2D eigenvalue weighted by Crippen LogP contribution is -2.43. The number of fused-ring (bicyclic) bond motifs is 38. The molecule has 8 aliphatic rings. The highest BCUT2D eigenvalue weighted by molar-refractivity contribution is 9.10. The Hall–Kier alpha value is -15.5. The number of anilines is 5. The Morgan fingerprint density at radius 2 is 0.436 bits per heavy atom. The minimum atomic E-state index is -0.586. The average Bonchev–Trinajstić information content (AvgIpc) is 1.50. The molecule has 0 saturated heterocycles. The normalized spacial score (nSPS) is 15.0. The summed E-state index contributed by atoms with van der Waals surface area (Å²) in [5.41, 5.74) is 51.7. The molecule has 20 aromatic carbocycles. The van der Waals surface area contributed by atoms with Crippen molar-refractivity contribution in [3.63, 3.8) is 0 Å². The summed E-state index contributed by atoms with van der Waals surface area (Å²) in [5.74, 6) is 0. The van der Waals surface area contributed by atoms with Gasteiger partial charge in [0.1, 0.15) is 0 Å². The molecular formula is C130H91BrN2. The summed E-state index contributed by atoms with van der Waals surface area (Å²) in [4.78, 5) is 2.54. The van der Waals surface area contributed by atoms with E-state index >= 15 is 0 Å². The number of benzene rings is 20. The molecule has 0 amide bonds. The van der Waals surface area contributed by atoms with Crippen molar-refractivity contribution in [2.45, 2.75) is 60.2 Å². The predicted molar refractivity (Wildman–Crippen MR) is 554 cm³/mol. The van der Waals surface area contributed by atoms with Gasteiger partial charge in [0.05, 0.1) is 27.3 Å². The molecule has 8 aliphatic carbocycles. The third kappa shape index (κ3) is 10.9. The first kappa shape index (κ1) is 78.5. The Bertz CT molecular complexity index is 8000. The van der Waals surface area contributed by atoms with E-state index in [9.17, 15) is 0 Å². The monoisotopic (exact) mass is 1760 g/mol. The summed E-state index contributed by atoms with van der Waals surface area (Å²) >= 11 is 3.95. The van der Waals surface area contributed by atoms with Gasteiger partial charge in [0, 0.05) is 49.2 Å². The summed E-state index contributed by atoms with van der Waals surface area (Å²) in [7, 11) is 0. The molecule has 0 aromatic heterocycles. The first-order valence-corrected chi connectivity index (χ1v) is 47.5. The highest BCUT2D eigenvalue weighted by Gasteiger charge is 2.62. The Kier molecular flexibility index (Phi) is 17.6. The van der Waals surface area contributed by atoms with Crippen LogP contribution in [0.4, 0.5) is 28.4 Å². The van der Waals surface area contributed by atoms with Crippen molar-refractivity contribution in [1.82, 2.24) is 0 Å². The van der Waals surface area contributed by atoms with Gasteiger partial charge in [0.2, 0.25) is 0 Å². The Balaban J connectivity index is 0.000000116. The van der Waals surface area contributed by atoms with Crippen molar-refractivity contribution in [3.8, 4) is 89.0 Å². The lowest BCUT2D eigenvalue weighted by Gasteiger charge is -2.48. The molecule has 0 heterocycles. The van der Waals surface area contributed by atoms with Gasteiger partial charge in [-0.05, 0) is 250 Å². The van der Waals surface area contributed by atoms with Gasteiger partial charge in [-0.15, -0.1) is 0 Å². The summed E-state index contributed by atoms with van der Waals surface area (Å²) < 4.78 is 1.15. The van der Waals surface area contributed by atoms with E-state index in [2.05, 4.69) is 521 Å². The number of hydrogen-bond acceptors (Lipinski definition) is 2. The van der Waals surface area contributed by atoms with E-state index in [-0.39, 0.29) is 16.2 Å². The number of halogens is 1. The topological polar surface area (TPSA) is 15.3 Å². The molecule has 628 valence electrons. The smallest absolute Gasteiger partial charge is 0.0720 e. The summed E-state index contributed by atoms with van der Waals surface area (Å²) in [6.07, 6.45) is 0. The number of nitrogens with one attached hydrogen (secondary N) is 1. The Morgan fingerprint density at radius 3 is 0.835 bits per heavy atom. The van der Waals surface area contributed by atoms with Crippen LogP contribution >= 0.6 is 15.9 Å². The van der Waals surface area contributed by atoms with Crippen LogP contribution < -0.4 is 10.2 Å². The van der Waals surface area contributed by atoms with E-state index in [1.807, 2.05) is 6.07 Å². The molecule has 0 atom stereocenters. The van der Waals surface area contributed by atoms with Crippen LogP contribution in [0, 0.1) is 0 Å². The fraction of sp³-hybridized carbons (Fsp3) is 0.0769. The molecular weight excluding hydrogens is 1670 g/mol. The van der Waals surface area contributed by atoms with Crippen LogP contribution in [0.3, 0.4) is 0 Å². The van der Waals surface area contributed by atoms with Crippen molar-refractivity contribution in [3.05, 3.63) is 589 Å². The maximum absolute atomic E-state index is 3.95. The molecule has 0 unspecified atom stereocenters. The molecule has 0 fully saturated rings. The summed E-state index contributed by atoms with van der Waals surface area (Å²) in [5, 5.41) is 3.58. The van der Waals surface area contributed by atoms with Crippen molar-refractivity contribution in [2.24, 2.45) is 0 Å². The van der Waals surface area contributed by atoms with Crippen LogP contribution in [0.2, 0.25) is 0 Å². The van der Waals surface area contributed by atoms with Crippen LogP contribution in [0.25, 0.3) is 89.0 Å². The van der Waals surface area contributed by atoms with Gasteiger partial charge in [-0.2, -0.15) is 0 Å². The van der Waals surface area contributed by atoms with Crippen molar-refractivity contribution in [2.75, 3.05) is 10.2 Å². The Morgan fingerprint density at radius 1 is 0.180 bits per heavy atom. The molecule has 3 heteroatoms. The van der Waals surface area contributed by atoms with Crippen molar-refractivity contribution < 1.29 is 0 Å². The first-order valence-electron chi connectivity index (χ1n) is 46.7. The maximum atomic E-state index is 3.95. The van der Waals surface area contributed by atoms with E-state index in [0.717, 1.165) is 27.2 Å². The van der Waals surface area contributed by atoms with E-state index in [1.54, 1.807) is 0 Å². The molecule has 0 saturated carbocycles.